The van der Waals surface area contributed by atoms with E-state index in [2.05, 4.69) is 42.0 Å². The monoisotopic (exact) mass is 269 g/mol. The summed E-state index contributed by atoms with van der Waals surface area (Å²) in [6.45, 7) is 1.07. The maximum absolute atomic E-state index is 3.38. The van der Waals surface area contributed by atoms with Crippen molar-refractivity contribution in [2.75, 3.05) is 13.6 Å². The van der Waals surface area contributed by atoms with Crippen LogP contribution < -0.4 is 5.32 Å². The van der Waals surface area contributed by atoms with Crippen molar-refractivity contribution in [1.29, 1.82) is 0 Å². The van der Waals surface area contributed by atoms with Crippen LogP contribution in [0.1, 0.15) is 24.8 Å². The van der Waals surface area contributed by atoms with Crippen LogP contribution in [0.4, 0.5) is 0 Å². The predicted octanol–water partition coefficient (Wildman–Crippen LogP) is 4.30. The minimum Gasteiger partial charge on any atom is -0.316 e. The molecule has 0 saturated heterocycles. The van der Waals surface area contributed by atoms with Gasteiger partial charge < -0.3 is 5.32 Å². The van der Waals surface area contributed by atoms with E-state index in [-0.39, 0.29) is 0 Å². The summed E-state index contributed by atoms with van der Waals surface area (Å²) in [7, 11) is 2.07. The van der Waals surface area contributed by atoms with E-state index in [1.165, 1.54) is 34.9 Å². The standard InChI is InChI=1S/C17H19NS/c1-18-10-15-12-5-6-13(9-12)16(15)14-4-2-3-11-7-8-19-17(11)14/h2-4,7-8,12-13,18H,5-6,9-10H2,1H3. The van der Waals surface area contributed by atoms with Crippen molar-refractivity contribution in [2.45, 2.75) is 19.3 Å². The van der Waals surface area contributed by atoms with Gasteiger partial charge in [-0.1, -0.05) is 18.2 Å². The largest absolute Gasteiger partial charge is 0.316 e. The number of rotatable bonds is 3. The van der Waals surface area contributed by atoms with E-state index in [0.717, 1.165) is 18.4 Å². The lowest BCUT2D eigenvalue weighted by Gasteiger charge is -2.20. The molecule has 1 fully saturated rings. The SMILES string of the molecule is CNCC1=C(c2cccc3ccsc23)C2CCC1C2. The first-order valence-corrected chi connectivity index (χ1v) is 8.10. The quantitative estimate of drug-likeness (QED) is 0.875. The number of hydrogen-bond acceptors (Lipinski definition) is 2. The minimum atomic E-state index is 0.820. The summed E-state index contributed by atoms with van der Waals surface area (Å²) in [4.78, 5) is 0. The van der Waals surface area contributed by atoms with Gasteiger partial charge in [0.1, 0.15) is 0 Å². The molecule has 1 aromatic carbocycles. The summed E-state index contributed by atoms with van der Waals surface area (Å²) in [6.07, 6.45) is 4.20. The molecule has 1 aromatic heterocycles. The summed E-state index contributed by atoms with van der Waals surface area (Å²) in [5, 5.41) is 7.01. The van der Waals surface area contributed by atoms with Crippen LogP contribution in [0.25, 0.3) is 15.7 Å². The smallest absolute Gasteiger partial charge is 0.0417 e. The number of nitrogens with one attached hydrogen (secondary N) is 1. The molecule has 1 saturated carbocycles. The molecular formula is C17H19NS. The molecule has 0 amide bonds. The second-order valence-corrected chi connectivity index (χ2v) is 6.74. The Kier molecular flexibility index (Phi) is 2.75. The molecule has 1 nitrogen and oxygen atoms in total. The van der Waals surface area contributed by atoms with Gasteiger partial charge in [0.25, 0.3) is 0 Å². The van der Waals surface area contributed by atoms with Crippen molar-refractivity contribution < 1.29 is 0 Å². The Morgan fingerprint density at radius 1 is 1.21 bits per heavy atom. The van der Waals surface area contributed by atoms with Crippen molar-refractivity contribution in [3.63, 3.8) is 0 Å². The molecule has 19 heavy (non-hydrogen) atoms. The van der Waals surface area contributed by atoms with Gasteiger partial charge in [0, 0.05) is 11.2 Å². The Labute approximate surface area is 118 Å². The van der Waals surface area contributed by atoms with Crippen molar-refractivity contribution in [3.05, 3.63) is 40.8 Å². The lowest BCUT2D eigenvalue weighted by Crippen LogP contribution is -2.16. The maximum atomic E-state index is 3.38. The molecule has 1 N–H and O–H groups in total. The van der Waals surface area contributed by atoms with Crippen LogP contribution in [0, 0.1) is 11.8 Å². The zero-order valence-electron chi connectivity index (χ0n) is 11.3. The minimum absolute atomic E-state index is 0.820. The Bertz CT molecular complexity index is 652. The van der Waals surface area contributed by atoms with Gasteiger partial charge in [0.05, 0.1) is 0 Å². The van der Waals surface area contributed by atoms with Gasteiger partial charge in [-0.25, -0.2) is 0 Å². The highest BCUT2D eigenvalue weighted by Gasteiger charge is 2.39. The fourth-order valence-corrected chi connectivity index (χ4v) is 5.00. The third kappa shape index (κ3) is 1.70. The van der Waals surface area contributed by atoms with Gasteiger partial charge in [-0.2, -0.15) is 0 Å². The van der Waals surface area contributed by atoms with E-state index in [0.29, 0.717) is 0 Å². The van der Waals surface area contributed by atoms with E-state index >= 15 is 0 Å². The number of hydrogen-bond donors (Lipinski definition) is 1. The van der Waals surface area contributed by atoms with Crippen molar-refractivity contribution >= 4 is 27.0 Å². The summed E-state index contributed by atoms with van der Waals surface area (Å²) < 4.78 is 1.48. The van der Waals surface area contributed by atoms with Gasteiger partial charge in [-0.15, -0.1) is 11.3 Å². The van der Waals surface area contributed by atoms with Crippen molar-refractivity contribution in [2.24, 2.45) is 11.8 Å². The first-order chi connectivity index (χ1) is 9.38. The lowest BCUT2D eigenvalue weighted by molar-refractivity contribution is 0.627. The molecule has 2 aromatic rings. The predicted molar refractivity (Wildman–Crippen MR) is 83.5 cm³/mol. The summed E-state index contributed by atoms with van der Waals surface area (Å²) in [6, 6.07) is 9.04. The molecule has 2 unspecified atom stereocenters. The number of allylic oxidation sites excluding steroid dienone is 1. The van der Waals surface area contributed by atoms with Crippen molar-refractivity contribution in [3.8, 4) is 0 Å². The Hall–Kier alpha value is -1.12. The molecule has 0 aliphatic heterocycles. The third-order valence-electron chi connectivity index (χ3n) is 4.82. The highest BCUT2D eigenvalue weighted by molar-refractivity contribution is 7.17. The van der Waals surface area contributed by atoms with Gasteiger partial charge in [-0.05, 0) is 71.7 Å². The van der Waals surface area contributed by atoms with E-state index in [1.807, 2.05) is 11.3 Å². The van der Waals surface area contributed by atoms with E-state index < -0.39 is 0 Å². The number of fused-ring (bicyclic) bond motifs is 3. The number of benzene rings is 1. The van der Waals surface area contributed by atoms with Crippen LogP contribution in [-0.2, 0) is 0 Å². The lowest BCUT2D eigenvalue weighted by atomic mass is 9.87. The van der Waals surface area contributed by atoms with Crippen LogP contribution in [-0.4, -0.2) is 13.6 Å². The van der Waals surface area contributed by atoms with E-state index in [1.54, 1.807) is 11.1 Å². The second-order valence-electron chi connectivity index (χ2n) is 5.82. The van der Waals surface area contributed by atoms with Gasteiger partial charge >= 0.3 is 0 Å². The van der Waals surface area contributed by atoms with Crippen molar-refractivity contribution in [1.82, 2.24) is 5.32 Å². The fraction of sp³-hybridized carbons (Fsp3) is 0.412. The normalized spacial score (nSPS) is 25.7. The van der Waals surface area contributed by atoms with Crippen LogP contribution >= 0.6 is 11.3 Å². The molecule has 2 bridgehead atoms. The third-order valence-corrected chi connectivity index (χ3v) is 5.78. The molecular weight excluding hydrogens is 250 g/mol. The molecule has 2 aliphatic carbocycles. The Morgan fingerprint density at radius 2 is 2.11 bits per heavy atom. The molecule has 0 radical (unpaired) electrons. The second kappa shape index (κ2) is 4.46. The number of likely N-dealkylation sites (N-methyl/N-ethyl adjacent to an activating group) is 1. The molecule has 2 heteroatoms. The van der Waals surface area contributed by atoms with Gasteiger partial charge in [-0.3, -0.25) is 0 Å². The van der Waals surface area contributed by atoms with Crippen LogP contribution in [0.15, 0.2) is 35.2 Å². The molecule has 2 atom stereocenters. The van der Waals surface area contributed by atoms with Gasteiger partial charge in [0.2, 0.25) is 0 Å². The van der Waals surface area contributed by atoms with Crippen LogP contribution in [0.2, 0.25) is 0 Å². The fourth-order valence-electron chi connectivity index (χ4n) is 4.07. The Morgan fingerprint density at radius 3 is 3.00 bits per heavy atom. The average molecular weight is 269 g/mol. The Balaban J connectivity index is 1.92. The highest BCUT2D eigenvalue weighted by atomic mass is 32.1. The molecule has 1 heterocycles. The molecule has 98 valence electrons. The zero-order valence-corrected chi connectivity index (χ0v) is 12.1. The van der Waals surface area contributed by atoms with E-state index in [9.17, 15) is 0 Å². The summed E-state index contributed by atoms with van der Waals surface area (Å²) in [5.41, 5.74) is 4.89. The summed E-state index contributed by atoms with van der Waals surface area (Å²) in [5.74, 6) is 1.67. The van der Waals surface area contributed by atoms with Crippen LogP contribution in [0.3, 0.4) is 0 Å². The topological polar surface area (TPSA) is 12.0 Å². The first-order valence-electron chi connectivity index (χ1n) is 7.22. The molecule has 2 aliphatic rings. The zero-order chi connectivity index (χ0) is 12.8. The molecule has 0 spiro atoms. The number of thiophene rings is 1. The first kappa shape index (κ1) is 11.7. The summed E-state index contributed by atoms with van der Waals surface area (Å²) >= 11 is 1.89. The van der Waals surface area contributed by atoms with E-state index in [4.69, 9.17) is 0 Å². The van der Waals surface area contributed by atoms with Crippen LogP contribution in [0.5, 0.6) is 0 Å². The average Bonchev–Trinajstić information content (AvgIpc) is 3.13. The highest BCUT2D eigenvalue weighted by Crippen LogP contribution is 2.53. The van der Waals surface area contributed by atoms with Gasteiger partial charge in [0.15, 0.2) is 0 Å². The molecule has 4 rings (SSSR count). The maximum Gasteiger partial charge on any atom is 0.0417 e.